The molecule has 0 aliphatic heterocycles. The molecule has 0 N–H and O–H groups in total. The topological polar surface area (TPSA) is 51.6 Å². The van der Waals surface area contributed by atoms with Crippen LogP contribution in [0.2, 0.25) is 0 Å². The van der Waals surface area contributed by atoms with Crippen molar-refractivity contribution < 1.29 is 0 Å². The van der Waals surface area contributed by atoms with Crippen molar-refractivity contribution in [1.82, 2.24) is 19.9 Å². The second-order valence-electron chi connectivity index (χ2n) is 15.4. The van der Waals surface area contributed by atoms with E-state index in [0.29, 0.717) is 17.5 Å². The number of fused-ring (bicyclic) bond motifs is 8. The van der Waals surface area contributed by atoms with Gasteiger partial charge in [-0.1, -0.05) is 182 Å². The Labute approximate surface area is 346 Å². The molecular formula is C56H34N4. The second kappa shape index (κ2) is 13.8. The van der Waals surface area contributed by atoms with Crippen LogP contribution in [0.1, 0.15) is 0 Å². The minimum Gasteiger partial charge on any atom is -0.247 e. The van der Waals surface area contributed by atoms with E-state index in [2.05, 4.69) is 206 Å². The molecule has 0 saturated heterocycles. The van der Waals surface area contributed by atoms with E-state index in [1.807, 2.05) is 0 Å². The van der Waals surface area contributed by atoms with Crippen molar-refractivity contribution in [3.63, 3.8) is 0 Å². The van der Waals surface area contributed by atoms with Gasteiger partial charge < -0.3 is 0 Å². The number of hydrogen-bond donors (Lipinski definition) is 0. The van der Waals surface area contributed by atoms with Gasteiger partial charge in [-0.15, -0.1) is 0 Å². The first-order valence-electron chi connectivity index (χ1n) is 20.3. The van der Waals surface area contributed by atoms with Crippen LogP contribution in [0.5, 0.6) is 0 Å². The maximum absolute atomic E-state index is 5.38. The highest BCUT2D eigenvalue weighted by atomic mass is 15.0. The van der Waals surface area contributed by atoms with Crippen molar-refractivity contribution in [3.8, 4) is 56.5 Å². The lowest BCUT2D eigenvalue weighted by Gasteiger charge is -2.17. The van der Waals surface area contributed by atoms with Crippen molar-refractivity contribution in [2.75, 3.05) is 0 Å². The van der Waals surface area contributed by atoms with Crippen molar-refractivity contribution in [2.24, 2.45) is 0 Å². The summed E-state index contributed by atoms with van der Waals surface area (Å²) in [7, 11) is 0. The van der Waals surface area contributed by atoms with Gasteiger partial charge in [-0.05, 0) is 78.5 Å². The zero-order valence-corrected chi connectivity index (χ0v) is 32.4. The minimum atomic E-state index is 0.618. The molecule has 2 heterocycles. The van der Waals surface area contributed by atoms with E-state index in [4.69, 9.17) is 19.9 Å². The van der Waals surface area contributed by atoms with E-state index in [0.717, 1.165) is 76.9 Å². The van der Waals surface area contributed by atoms with E-state index in [1.165, 1.54) is 26.9 Å². The van der Waals surface area contributed by atoms with Crippen molar-refractivity contribution in [1.29, 1.82) is 0 Å². The molecule has 0 spiro atoms. The Kier molecular flexibility index (Phi) is 7.82. The molecule has 4 heteroatoms. The molecule has 0 fully saturated rings. The molecule has 0 bridgehead atoms. The molecule has 10 aromatic carbocycles. The number of pyridine rings is 1. The standard InChI is InChI=1S/C56H34N4/c1-2-17-38-32-40(31-30-35(38)14-1)53-50-34-49(44-24-7-8-25-45(44)52(50)48-26-9-10-29-51(48)57-53)39-20-11-21-41(33-39)54-58-55(46-27-12-18-36-15-3-5-22-42(36)46)60-56(59-54)47-28-13-19-37-16-4-6-23-43(37)47/h1-34H. The summed E-state index contributed by atoms with van der Waals surface area (Å²) in [6, 6.07) is 72.9. The van der Waals surface area contributed by atoms with Gasteiger partial charge in [0.05, 0.1) is 11.2 Å². The molecular weight excluding hydrogens is 729 g/mol. The molecule has 12 aromatic rings. The van der Waals surface area contributed by atoms with Gasteiger partial charge in [-0.25, -0.2) is 19.9 Å². The zero-order chi connectivity index (χ0) is 39.6. The van der Waals surface area contributed by atoms with Crippen molar-refractivity contribution >= 4 is 64.8 Å². The fourth-order valence-corrected chi connectivity index (χ4v) is 9.02. The van der Waals surface area contributed by atoms with Crippen molar-refractivity contribution in [2.45, 2.75) is 0 Å². The summed E-state index contributed by atoms with van der Waals surface area (Å²) < 4.78 is 0. The minimum absolute atomic E-state index is 0.618. The Morgan fingerprint density at radius 1 is 0.250 bits per heavy atom. The molecule has 12 rings (SSSR count). The molecule has 4 nitrogen and oxygen atoms in total. The first-order chi connectivity index (χ1) is 29.7. The largest absolute Gasteiger partial charge is 0.247 e. The van der Waals surface area contributed by atoms with Gasteiger partial charge in [0, 0.05) is 38.4 Å². The van der Waals surface area contributed by atoms with E-state index in [1.54, 1.807) is 0 Å². The molecule has 60 heavy (non-hydrogen) atoms. The SMILES string of the molecule is c1cc(-c2nc(-c3cccc4ccccc34)nc(-c3cccc4ccccc34)n2)cc(-c2cc3c(-c4ccc5ccccc5c4)nc4ccccc4c3c3ccccc23)c1. The zero-order valence-electron chi connectivity index (χ0n) is 32.4. The van der Waals surface area contributed by atoms with Crippen LogP contribution in [0.25, 0.3) is 121 Å². The number of nitrogens with zero attached hydrogens (tertiary/aromatic N) is 4. The highest BCUT2D eigenvalue weighted by Crippen LogP contribution is 2.43. The summed E-state index contributed by atoms with van der Waals surface area (Å²) in [4.78, 5) is 21.1. The first kappa shape index (κ1) is 34.0. The predicted molar refractivity (Wildman–Crippen MR) is 250 cm³/mol. The van der Waals surface area contributed by atoms with Gasteiger partial charge in [-0.3, -0.25) is 0 Å². The third-order valence-corrected chi connectivity index (χ3v) is 11.9. The molecule has 0 aliphatic rings. The van der Waals surface area contributed by atoms with Crippen LogP contribution in [0.4, 0.5) is 0 Å². The molecule has 2 aromatic heterocycles. The summed E-state index contributed by atoms with van der Waals surface area (Å²) in [5.74, 6) is 1.89. The number of benzene rings is 10. The Balaban J connectivity index is 1.10. The summed E-state index contributed by atoms with van der Waals surface area (Å²) in [5, 5.41) is 12.7. The van der Waals surface area contributed by atoms with Crippen LogP contribution in [0.3, 0.4) is 0 Å². The molecule has 0 unspecified atom stereocenters. The molecule has 0 aliphatic carbocycles. The lowest BCUT2D eigenvalue weighted by Crippen LogP contribution is -2.01. The smallest absolute Gasteiger partial charge is 0.164 e. The summed E-state index contributed by atoms with van der Waals surface area (Å²) in [6.07, 6.45) is 0. The number of rotatable bonds is 5. The van der Waals surface area contributed by atoms with Gasteiger partial charge in [0.2, 0.25) is 0 Å². The fraction of sp³-hybridized carbons (Fsp3) is 0. The normalized spacial score (nSPS) is 11.7. The molecule has 0 amide bonds. The van der Waals surface area contributed by atoms with Crippen LogP contribution >= 0.6 is 0 Å². The average Bonchev–Trinajstić information content (AvgIpc) is 3.32. The summed E-state index contributed by atoms with van der Waals surface area (Å²) in [6.45, 7) is 0. The van der Waals surface area contributed by atoms with Gasteiger partial charge in [-0.2, -0.15) is 0 Å². The maximum Gasteiger partial charge on any atom is 0.164 e. The molecule has 278 valence electrons. The van der Waals surface area contributed by atoms with Crippen LogP contribution in [-0.2, 0) is 0 Å². The average molecular weight is 763 g/mol. The Morgan fingerprint density at radius 3 is 1.50 bits per heavy atom. The third kappa shape index (κ3) is 5.61. The highest BCUT2D eigenvalue weighted by molar-refractivity contribution is 6.25. The van der Waals surface area contributed by atoms with Gasteiger partial charge in [0.25, 0.3) is 0 Å². The Bertz CT molecular complexity index is 3580. The first-order valence-corrected chi connectivity index (χ1v) is 20.3. The van der Waals surface area contributed by atoms with E-state index in [-0.39, 0.29) is 0 Å². The number of aromatic nitrogens is 4. The summed E-state index contributed by atoms with van der Waals surface area (Å²) in [5.41, 5.74) is 8.08. The fourth-order valence-electron chi connectivity index (χ4n) is 9.02. The summed E-state index contributed by atoms with van der Waals surface area (Å²) >= 11 is 0. The lowest BCUT2D eigenvalue weighted by molar-refractivity contribution is 1.08. The number of para-hydroxylation sites is 1. The Hall–Kier alpha value is -8.08. The monoisotopic (exact) mass is 762 g/mol. The highest BCUT2D eigenvalue weighted by Gasteiger charge is 2.19. The van der Waals surface area contributed by atoms with E-state index < -0.39 is 0 Å². The maximum atomic E-state index is 5.38. The van der Waals surface area contributed by atoms with Crippen LogP contribution < -0.4 is 0 Å². The van der Waals surface area contributed by atoms with E-state index >= 15 is 0 Å². The van der Waals surface area contributed by atoms with Crippen LogP contribution in [0, 0.1) is 0 Å². The van der Waals surface area contributed by atoms with Gasteiger partial charge in [0.1, 0.15) is 0 Å². The molecule has 0 saturated carbocycles. The number of hydrogen-bond acceptors (Lipinski definition) is 4. The van der Waals surface area contributed by atoms with E-state index in [9.17, 15) is 0 Å². The molecule has 0 atom stereocenters. The Morgan fingerprint density at radius 2 is 0.783 bits per heavy atom. The van der Waals surface area contributed by atoms with Crippen LogP contribution in [0.15, 0.2) is 206 Å². The van der Waals surface area contributed by atoms with Gasteiger partial charge in [0.15, 0.2) is 17.5 Å². The molecule has 0 radical (unpaired) electrons. The van der Waals surface area contributed by atoms with Gasteiger partial charge >= 0.3 is 0 Å². The van der Waals surface area contributed by atoms with Crippen molar-refractivity contribution in [3.05, 3.63) is 206 Å². The lowest BCUT2D eigenvalue weighted by atomic mass is 9.89. The quantitative estimate of drug-likeness (QED) is 0.164. The predicted octanol–water partition coefficient (Wildman–Crippen LogP) is 14.5. The third-order valence-electron chi connectivity index (χ3n) is 11.9. The van der Waals surface area contributed by atoms with Crippen LogP contribution in [-0.4, -0.2) is 19.9 Å². The second-order valence-corrected chi connectivity index (χ2v) is 15.4.